The summed E-state index contributed by atoms with van der Waals surface area (Å²) in [4.78, 5) is 7.01. The molecule has 0 bridgehead atoms. The van der Waals surface area contributed by atoms with Crippen molar-refractivity contribution in [3.05, 3.63) is 83.7 Å². The van der Waals surface area contributed by atoms with Crippen LogP contribution < -0.4 is 4.74 Å². The van der Waals surface area contributed by atoms with Crippen LogP contribution in [0.1, 0.15) is 18.1 Å². The number of benzene rings is 3. The van der Waals surface area contributed by atoms with Crippen LogP contribution in [-0.4, -0.2) is 49.1 Å². The maximum absolute atomic E-state index is 13.7. The van der Waals surface area contributed by atoms with Crippen molar-refractivity contribution in [2.24, 2.45) is 4.99 Å². The molecule has 0 spiro atoms. The summed E-state index contributed by atoms with van der Waals surface area (Å²) < 4.78 is 47.7. The van der Waals surface area contributed by atoms with E-state index in [-0.39, 0.29) is 17.5 Å². The molecule has 1 fully saturated rings. The summed E-state index contributed by atoms with van der Waals surface area (Å²) in [5, 5.41) is 0. The lowest BCUT2D eigenvalue weighted by molar-refractivity contribution is 0.205. The number of halogens is 1. The number of rotatable bonds is 2. The number of para-hydroxylation sites is 2. The van der Waals surface area contributed by atoms with Gasteiger partial charge < -0.3 is 9.64 Å². The molecule has 0 saturated carbocycles. The van der Waals surface area contributed by atoms with E-state index in [1.54, 1.807) is 0 Å². The molecule has 6 nitrogen and oxygen atoms in total. The summed E-state index contributed by atoms with van der Waals surface area (Å²) in [5.74, 6) is 1.58. The number of aliphatic imine (C=N–C) groups is 1. The van der Waals surface area contributed by atoms with Gasteiger partial charge in [-0.1, -0.05) is 29.8 Å². The molecule has 1 saturated heterocycles. The third-order valence-electron chi connectivity index (χ3n) is 5.96. The second kappa shape index (κ2) is 8.28. The molecular formula is C25H24FN3O3S. The molecule has 0 unspecified atom stereocenters. The van der Waals surface area contributed by atoms with Crippen molar-refractivity contribution in [2.75, 3.05) is 19.6 Å². The zero-order valence-corrected chi connectivity index (χ0v) is 19.2. The van der Waals surface area contributed by atoms with Gasteiger partial charge in [-0.05, 0) is 56.3 Å². The van der Waals surface area contributed by atoms with Gasteiger partial charge in [0.2, 0.25) is 10.0 Å². The predicted molar refractivity (Wildman–Crippen MR) is 125 cm³/mol. The number of fused-ring (bicyclic) bond motifs is 2. The molecule has 5 rings (SSSR count). The van der Waals surface area contributed by atoms with Crippen molar-refractivity contribution >= 4 is 21.5 Å². The molecule has 33 heavy (non-hydrogen) atoms. The number of nitrogens with zero attached hydrogens (tertiary/aromatic N) is 3. The fourth-order valence-electron chi connectivity index (χ4n) is 4.33. The minimum Gasteiger partial charge on any atom is -0.454 e. The van der Waals surface area contributed by atoms with Gasteiger partial charge in [0.15, 0.2) is 5.75 Å². The van der Waals surface area contributed by atoms with Crippen LogP contribution in [0, 0.1) is 12.7 Å². The van der Waals surface area contributed by atoms with Crippen LogP contribution in [0.3, 0.4) is 0 Å². The maximum atomic E-state index is 13.7. The highest BCUT2D eigenvalue weighted by atomic mass is 32.2. The minimum absolute atomic E-state index is 0.0297. The Kier molecular flexibility index (Phi) is 5.42. The summed E-state index contributed by atoms with van der Waals surface area (Å²) in [7, 11) is -3.81. The Morgan fingerprint density at radius 1 is 1.00 bits per heavy atom. The Morgan fingerprint density at radius 3 is 2.61 bits per heavy atom. The normalized spacial score (nSPS) is 18.6. The second-order valence-electron chi connectivity index (χ2n) is 8.37. The van der Waals surface area contributed by atoms with Crippen LogP contribution in [0.25, 0.3) is 0 Å². The van der Waals surface area contributed by atoms with Gasteiger partial charge in [0, 0.05) is 25.7 Å². The molecule has 0 aromatic heterocycles. The topological polar surface area (TPSA) is 62.2 Å². The molecule has 0 radical (unpaired) electrons. The summed E-state index contributed by atoms with van der Waals surface area (Å²) in [6, 6.07) is 18.4. The number of sulfonamides is 1. The van der Waals surface area contributed by atoms with Gasteiger partial charge >= 0.3 is 0 Å². The molecule has 8 heteroatoms. The molecule has 0 N–H and O–H groups in total. The van der Waals surface area contributed by atoms with E-state index in [9.17, 15) is 12.8 Å². The number of hydrogen-bond donors (Lipinski definition) is 0. The van der Waals surface area contributed by atoms with Gasteiger partial charge in [-0.3, -0.25) is 0 Å². The van der Waals surface area contributed by atoms with Gasteiger partial charge in [0.25, 0.3) is 0 Å². The Morgan fingerprint density at radius 2 is 1.82 bits per heavy atom. The first-order valence-corrected chi connectivity index (χ1v) is 12.3. The van der Waals surface area contributed by atoms with Crippen molar-refractivity contribution < 1.29 is 17.5 Å². The summed E-state index contributed by atoms with van der Waals surface area (Å²) in [6.45, 7) is 5.04. The molecule has 3 aromatic carbocycles. The molecule has 170 valence electrons. The van der Waals surface area contributed by atoms with Crippen molar-refractivity contribution in [2.45, 2.75) is 24.8 Å². The maximum Gasteiger partial charge on any atom is 0.243 e. The lowest BCUT2D eigenvalue weighted by atomic mass is 10.1. The van der Waals surface area contributed by atoms with E-state index in [1.165, 1.54) is 22.5 Å². The molecule has 2 aliphatic heterocycles. The highest BCUT2D eigenvalue weighted by Crippen LogP contribution is 2.38. The SMILES string of the molecule is Cc1ccc2c(c1)C(N1CCN(S(=O)(=O)c3cccc(F)c3)[C@H](C)C1)=Nc1ccccc1O2. The quantitative estimate of drug-likeness (QED) is 0.550. The van der Waals surface area contributed by atoms with E-state index < -0.39 is 15.8 Å². The van der Waals surface area contributed by atoms with E-state index in [0.29, 0.717) is 24.6 Å². The van der Waals surface area contributed by atoms with Crippen molar-refractivity contribution in [3.8, 4) is 11.5 Å². The molecule has 2 heterocycles. The van der Waals surface area contributed by atoms with E-state index in [2.05, 4.69) is 4.90 Å². The summed E-state index contributed by atoms with van der Waals surface area (Å²) >= 11 is 0. The van der Waals surface area contributed by atoms with Crippen LogP contribution in [-0.2, 0) is 10.0 Å². The van der Waals surface area contributed by atoms with Crippen molar-refractivity contribution in [1.82, 2.24) is 9.21 Å². The zero-order valence-electron chi connectivity index (χ0n) is 18.4. The Hall–Kier alpha value is -3.23. The van der Waals surface area contributed by atoms with Crippen LogP contribution >= 0.6 is 0 Å². The number of aryl methyl sites for hydroxylation is 1. The third kappa shape index (κ3) is 4.00. The Bertz CT molecular complexity index is 1360. The first-order chi connectivity index (χ1) is 15.8. The van der Waals surface area contributed by atoms with Crippen LogP contribution in [0.2, 0.25) is 0 Å². The van der Waals surface area contributed by atoms with Gasteiger partial charge in [-0.15, -0.1) is 0 Å². The van der Waals surface area contributed by atoms with Gasteiger partial charge in [0.1, 0.15) is 23.1 Å². The average molecular weight is 466 g/mol. The van der Waals surface area contributed by atoms with E-state index in [0.717, 1.165) is 28.7 Å². The lowest BCUT2D eigenvalue weighted by Gasteiger charge is -2.40. The van der Waals surface area contributed by atoms with Gasteiger partial charge in [0.05, 0.1) is 10.5 Å². The number of amidine groups is 1. The molecule has 0 amide bonds. The second-order valence-corrected chi connectivity index (χ2v) is 10.3. The van der Waals surface area contributed by atoms with Crippen molar-refractivity contribution in [1.29, 1.82) is 0 Å². The standard InChI is InChI=1S/C25H24FN3O3S/c1-17-10-11-23-21(14-17)25(27-22-8-3-4-9-24(22)32-23)28-12-13-29(18(2)16-28)33(30,31)20-7-5-6-19(26)15-20/h3-11,14-15,18H,12-13,16H2,1-2H3/t18-/m1/s1. The number of ether oxygens (including phenoxy) is 1. The lowest BCUT2D eigenvalue weighted by Crippen LogP contribution is -2.55. The number of piperazine rings is 1. The molecular weight excluding hydrogens is 441 g/mol. The highest BCUT2D eigenvalue weighted by Gasteiger charge is 2.36. The smallest absolute Gasteiger partial charge is 0.243 e. The average Bonchev–Trinajstić information content (AvgIpc) is 2.95. The summed E-state index contributed by atoms with van der Waals surface area (Å²) in [5.41, 5.74) is 2.68. The van der Waals surface area contributed by atoms with Crippen LogP contribution in [0.4, 0.5) is 10.1 Å². The predicted octanol–water partition coefficient (Wildman–Crippen LogP) is 4.71. The van der Waals surface area contributed by atoms with Gasteiger partial charge in [-0.25, -0.2) is 17.8 Å². The van der Waals surface area contributed by atoms with E-state index in [4.69, 9.17) is 9.73 Å². The van der Waals surface area contributed by atoms with Crippen LogP contribution in [0.15, 0.2) is 76.6 Å². The molecule has 2 aliphatic rings. The first kappa shape index (κ1) is 21.6. The monoisotopic (exact) mass is 465 g/mol. The third-order valence-corrected chi connectivity index (χ3v) is 7.97. The van der Waals surface area contributed by atoms with E-state index in [1.807, 2.05) is 56.3 Å². The molecule has 3 aromatic rings. The Balaban J connectivity index is 1.49. The minimum atomic E-state index is -3.81. The highest BCUT2D eigenvalue weighted by molar-refractivity contribution is 7.89. The zero-order chi connectivity index (χ0) is 23.2. The Labute approximate surface area is 193 Å². The number of hydrogen-bond acceptors (Lipinski definition) is 5. The first-order valence-electron chi connectivity index (χ1n) is 10.8. The molecule has 0 aliphatic carbocycles. The molecule has 1 atom stereocenters. The van der Waals surface area contributed by atoms with Crippen molar-refractivity contribution in [3.63, 3.8) is 0 Å². The van der Waals surface area contributed by atoms with Crippen LogP contribution in [0.5, 0.6) is 11.5 Å². The summed E-state index contributed by atoms with van der Waals surface area (Å²) in [6.07, 6.45) is 0. The fraction of sp³-hybridized carbons (Fsp3) is 0.240. The largest absolute Gasteiger partial charge is 0.454 e. The van der Waals surface area contributed by atoms with E-state index >= 15 is 0 Å². The fourth-order valence-corrected chi connectivity index (χ4v) is 5.98. The van der Waals surface area contributed by atoms with Gasteiger partial charge in [-0.2, -0.15) is 4.31 Å².